The Balaban J connectivity index is 1.95. The van der Waals surface area contributed by atoms with Crippen molar-refractivity contribution in [3.8, 4) is 11.5 Å². The highest BCUT2D eigenvalue weighted by Crippen LogP contribution is 2.17. The monoisotopic (exact) mass is 286 g/mol. The van der Waals surface area contributed by atoms with Gasteiger partial charge in [-0.3, -0.25) is 4.79 Å². The molecular weight excluding hydrogens is 268 g/mol. The van der Waals surface area contributed by atoms with Crippen LogP contribution in [0.2, 0.25) is 0 Å². The summed E-state index contributed by atoms with van der Waals surface area (Å²) in [5, 5.41) is 9.25. The number of carbonyl (C=O) groups is 1. The predicted octanol–water partition coefficient (Wildman–Crippen LogP) is 2.84. The number of ether oxygens (including phenoxy) is 2. The fraction of sp³-hybridized carbons (Fsp3) is 0.235. The third-order valence-electron chi connectivity index (χ3n) is 3.08. The fourth-order valence-electron chi connectivity index (χ4n) is 1.85. The standard InChI is InChI=1S/C17H18O4/c1-12(18)17(19)14-5-9-16(10-6-14)21-11-13-3-7-15(20-2)8-4-13/h3-10,12,18H,11H2,1-2H3. The van der Waals surface area contributed by atoms with Crippen LogP contribution in [0.25, 0.3) is 0 Å². The van der Waals surface area contributed by atoms with Gasteiger partial charge in [-0.15, -0.1) is 0 Å². The quantitative estimate of drug-likeness (QED) is 0.830. The van der Waals surface area contributed by atoms with Crippen LogP contribution in [0.5, 0.6) is 11.5 Å². The number of benzene rings is 2. The van der Waals surface area contributed by atoms with Gasteiger partial charge in [0, 0.05) is 5.56 Å². The molecule has 0 spiro atoms. The van der Waals surface area contributed by atoms with E-state index in [9.17, 15) is 9.90 Å². The number of methoxy groups -OCH3 is 1. The van der Waals surface area contributed by atoms with E-state index in [1.807, 2.05) is 24.3 Å². The van der Waals surface area contributed by atoms with Crippen molar-refractivity contribution < 1.29 is 19.4 Å². The lowest BCUT2D eigenvalue weighted by Crippen LogP contribution is -2.15. The molecule has 0 saturated heterocycles. The van der Waals surface area contributed by atoms with Gasteiger partial charge in [0.15, 0.2) is 5.78 Å². The number of aliphatic hydroxyl groups is 1. The first-order chi connectivity index (χ1) is 10.1. The van der Waals surface area contributed by atoms with Crippen molar-refractivity contribution in [1.82, 2.24) is 0 Å². The van der Waals surface area contributed by atoms with Crippen LogP contribution in [0.4, 0.5) is 0 Å². The Labute approximate surface area is 123 Å². The van der Waals surface area contributed by atoms with E-state index in [2.05, 4.69) is 0 Å². The first-order valence-corrected chi connectivity index (χ1v) is 6.68. The highest BCUT2D eigenvalue weighted by Gasteiger charge is 2.11. The van der Waals surface area contributed by atoms with Crippen LogP contribution in [0.3, 0.4) is 0 Å². The van der Waals surface area contributed by atoms with Gasteiger partial charge in [0.2, 0.25) is 0 Å². The van der Waals surface area contributed by atoms with Crippen LogP contribution < -0.4 is 9.47 Å². The van der Waals surface area contributed by atoms with Crippen LogP contribution in [0.15, 0.2) is 48.5 Å². The lowest BCUT2D eigenvalue weighted by atomic mass is 10.1. The van der Waals surface area contributed by atoms with Gasteiger partial charge in [-0.05, 0) is 48.9 Å². The summed E-state index contributed by atoms with van der Waals surface area (Å²) >= 11 is 0. The molecule has 4 heteroatoms. The largest absolute Gasteiger partial charge is 0.497 e. The minimum absolute atomic E-state index is 0.295. The molecule has 0 fully saturated rings. The smallest absolute Gasteiger partial charge is 0.190 e. The van der Waals surface area contributed by atoms with E-state index in [0.29, 0.717) is 17.9 Å². The average Bonchev–Trinajstić information content (AvgIpc) is 2.53. The first-order valence-electron chi connectivity index (χ1n) is 6.68. The van der Waals surface area contributed by atoms with E-state index < -0.39 is 6.10 Å². The molecule has 2 aromatic rings. The number of carbonyl (C=O) groups excluding carboxylic acids is 1. The van der Waals surface area contributed by atoms with Crippen LogP contribution in [0.1, 0.15) is 22.8 Å². The maximum Gasteiger partial charge on any atom is 0.190 e. The zero-order chi connectivity index (χ0) is 15.2. The summed E-state index contributed by atoms with van der Waals surface area (Å²) in [5.74, 6) is 1.18. The minimum atomic E-state index is -0.990. The van der Waals surface area contributed by atoms with Crippen molar-refractivity contribution in [2.45, 2.75) is 19.6 Å². The number of aliphatic hydroxyl groups excluding tert-OH is 1. The fourth-order valence-corrected chi connectivity index (χ4v) is 1.85. The number of hydrogen-bond donors (Lipinski definition) is 1. The van der Waals surface area contributed by atoms with Crippen molar-refractivity contribution in [2.24, 2.45) is 0 Å². The summed E-state index contributed by atoms with van der Waals surface area (Å²) in [7, 11) is 1.63. The van der Waals surface area contributed by atoms with Gasteiger partial charge in [0.1, 0.15) is 24.2 Å². The molecule has 0 heterocycles. The number of rotatable bonds is 6. The van der Waals surface area contributed by atoms with Crippen molar-refractivity contribution in [3.63, 3.8) is 0 Å². The molecule has 2 rings (SSSR count). The number of ketones is 1. The molecule has 110 valence electrons. The molecule has 0 aliphatic rings. The van der Waals surface area contributed by atoms with Crippen molar-refractivity contribution in [2.75, 3.05) is 7.11 Å². The molecule has 0 saturated carbocycles. The topological polar surface area (TPSA) is 55.8 Å². The van der Waals surface area contributed by atoms with Crippen molar-refractivity contribution in [3.05, 3.63) is 59.7 Å². The normalized spacial score (nSPS) is 11.8. The van der Waals surface area contributed by atoms with Gasteiger partial charge in [-0.1, -0.05) is 12.1 Å². The predicted molar refractivity (Wildman–Crippen MR) is 79.8 cm³/mol. The molecule has 0 radical (unpaired) electrons. The summed E-state index contributed by atoms with van der Waals surface area (Å²) in [6.07, 6.45) is -0.990. The van der Waals surface area contributed by atoms with Crippen LogP contribution >= 0.6 is 0 Å². The Kier molecular flexibility index (Phi) is 4.95. The Morgan fingerprint density at radius 3 is 2.14 bits per heavy atom. The lowest BCUT2D eigenvalue weighted by Gasteiger charge is -2.08. The van der Waals surface area contributed by atoms with E-state index >= 15 is 0 Å². The molecule has 0 aromatic heterocycles. The Bertz CT molecular complexity index is 585. The number of hydrogen-bond acceptors (Lipinski definition) is 4. The first kappa shape index (κ1) is 15.1. The summed E-state index contributed by atoms with van der Waals surface area (Å²) < 4.78 is 10.7. The van der Waals surface area contributed by atoms with E-state index in [0.717, 1.165) is 11.3 Å². The van der Waals surface area contributed by atoms with Gasteiger partial charge >= 0.3 is 0 Å². The van der Waals surface area contributed by atoms with Gasteiger partial charge in [0.05, 0.1) is 7.11 Å². The second-order valence-corrected chi connectivity index (χ2v) is 4.70. The average molecular weight is 286 g/mol. The Morgan fingerprint density at radius 1 is 1.05 bits per heavy atom. The maximum atomic E-state index is 11.6. The van der Waals surface area contributed by atoms with Crippen LogP contribution in [0, 0.1) is 0 Å². The van der Waals surface area contributed by atoms with E-state index in [1.54, 1.807) is 31.4 Å². The van der Waals surface area contributed by atoms with Gasteiger partial charge in [0.25, 0.3) is 0 Å². The molecule has 4 nitrogen and oxygen atoms in total. The zero-order valence-electron chi connectivity index (χ0n) is 12.1. The van der Waals surface area contributed by atoms with Gasteiger partial charge in [-0.2, -0.15) is 0 Å². The van der Waals surface area contributed by atoms with E-state index in [4.69, 9.17) is 9.47 Å². The molecule has 1 N–H and O–H groups in total. The minimum Gasteiger partial charge on any atom is -0.497 e. The SMILES string of the molecule is COc1ccc(COc2ccc(C(=O)C(C)O)cc2)cc1. The molecule has 0 bridgehead atoms. The Hall–Kier alpha value is -2.33. The number of Topliss-reactive ketones (excluding diaryl/α,β-unsaturated/α-hetero) is 1. The van der Waals surface area contributed by atoms with Gasteiger partial charge < -0.3 is 14.6 Å². The maximum absolute atomic E-state index is 11.6. The molecule has 1 unspecified atom stereocenters. The molecular formula is C17H18O4. The molecule has 1 atom stereocenters. The molecule has 0 aliphatic heterocycles. The molecule has 21 heavy (non-hydrogen) atoms. The van der Waals surface area contributed by atoms with Crippen molar-refractivity contribution >= 4 is 5.78 Å². The summed E-state index contributed by atoms with van der Waals surface area (Å²) in [4.78, 5) is 11.6. The zero-order valence-corrected chi connectivity index (χ0v) is 12.1. The van der Waals surface area contributed by atoms with Gasteiger partial charge in [-0.25, -0.2) is 0 Å². The third kappa shape index (κ3) is 4.07. The van der Waals surface area contributed by atoms with E-state index in [-0.39, 0.29) is 5.78 Å². The highest BCUT2D eigenvalue weighted by atomic mass is 16.5. The summed E-state index contributed by atoms with van der Waals surface area (Å²) in [6.45, 7) is 1.89. The third-order valence-corrected chi connectivity index (χ3v) is 3.08. The molecule has 2 aromatic carbocycles. The summed E-state index contributed by atoms with van der Waals surface area (Å²) in [6, 6.07) is 14.4. The highest BCUT2D eigenvalue weighted by molar-refractivity contribution is 5.99. The second-order valence-electron chi connectivity index (χ2n) is 4.70. The van der Waals surface area contributed by atoms with Crippen LogP contribution in [-0.2, 0) is 6.61 Å². The molecule has 0 amide bonds. The van der Waals surface area contributed by atoms with E-state index in [1.165, 1.54) is 6.92 Å². The van der Waals surface area contributed by atoms with Crippen molar-refractivity contribution in [1.29, 1.82) is 0 Å². The summed E-state index contributed by atoms with van der Waals surface area (Å²) in [5.41, 5.74) is 1.50. The second kappa shape index (κ2) is 6.90. The van der Waals surface area contributed by atoms with Crippen LogP contribution in [-0.4, -0.2) is 24.1 Å². The Morgan fingerprint density at radius 2 is 1.62 bits per heavy atom. The lowest BCUT2D eigenvalue weighted by molar-refractivity contribution is 0.0779. The molecule has 0 aliphatic carbocycles.